The highest BCUT2D eigenvalue weighted by atomic mass is 35.5. The highest BCUT2D eigenvalue weighted by molar-refractivity contribution is 6.31. The summed E-state index contributed by atoms with van der Waals surface area (Å²) in [6, 6.07) is 6.35. The van der Waals surface area contributed by atoms with Gasteiger partial charge in [0.05, 0.1) is 18.2 Å². The standard InChI is InChI=1S/C16H19ClN2O2/c17-11-2-1-3-14(21-10-5-6-10)15(11)9-4-7-12-13(8-9)19-16(20)18-12/h1-3,9-10,12-13H,4-8H2,(H2,18,19,20). The van der Waals surface area contributed by atoms with Crippen LogP contribution in [-0.4, -0.2) is 24.2 Å². The van der Waals surface area contributed by atoms with Gasteiger partial charge in [-0.15, -0.1) is 0 Å². The summed E-state index contributed by atoms with van der Waals surface area (Å²) in [5.41, 5.74) is 1.13. The predicted molar refractivity (Wildman–Crippen MR) is 80.9 cm³/mol. The third-order valence-electron chi connectivity index (χ3n) is 4.72. The number of amides is 2. The quantitative estimate of drug-likeness (QED) is 0.901. The molecule has 3 unspecified atom stereocenters. The summed E-state index contributed by atoms with van der Waals surface area (Å²) in [5.74, 6) is 1.29. The Balaban J connectivity index is 1.59. The van der Waals surface area contributed by atoms with Gasteiger partial charge in [-0.1, -0.05) is 17.7 Å². The van der Waals surface area contributed by atoms with Crippen LogP contribution in [0.25, 0.3) is 0 Å². The predicted octanol–water partition coefficient (Wildman–Crippen LogP) is 3.20. The molecule has 4 rings (SSSR count). The number of carbonyl (C=O) groups excluding carboxylic acids is 1. The summed E-state index contributed by atoms with van der Waals surface area (Å²) < 4.78 is 6.04. The van der Waals surface area contributed by atoms with Crippen molar-refractivity contribution in [3.8, 4) is 5.75 Å². The number of carbonyl (C=O) groups is 1. The molecule has 21 heavy (non-hydrogen) atoms. The fourth-order valence-electron chi connectivity index (χ4n) is 3.53. The molecule has 3 fully saturated rings. The average molecular weight is 307 g/mol. The van der Waals surface area contributed by atoms with Gasteiger partial charge in [-0.3, -0.25) is 0 Å². The molecule has 5 heteroatoms. The van der Waals surface area contributed by atoms with Crippen LogP contribution in [0.2, 0.25) is 5.02 Å². The van der Waals surface area contributed by atoms with Gasteiger partial charge in [0.15, 0.2) is 0 Å². The largest absolute Gasteiger partial charge is 0.490 e. The Labute approximate surface area is 129 Å². The van der Waals surface area contributed by atoms with Crippen LogP contribution in [0.1, 0.15) is 43.6 Å². The van der Waals surface area contributed by atoms with Crippen LogP contribution >= 0.6 is 11.6 Å². The van der Waals surface area contributed by atoms with Crippen molar-refractivity contribution in [2.45, 2.75) is 56.2 Å². The van der Waals surface area contributed by atoms with Gasteiger partial charge in [0.25, 0.3) is 0 Å². The molecule has 0 radical (unpaired) electrons. The first-order valence-corrected chi connectivity index (χ1v) is 8.10. The van der Waals surface area contributed by atoms with Gasteiger partial charge < -0.3 is 15.4 Å². The zero-order chi connectivity index (χ0) is 14.4. The maximum Gasteiger partial charge on any atom is 0.315 e. The molecule has 2 saturated carbocycles. The number of urea groups is 1. The summed E-state index contributed by atoms with van der Waals surface area (Å²) in [7, 11) is 0. The van der Waals surface area contributed by atoms with Gasteiger partial charge >= 0.3 is 6.03 Å². The molecule has 0 spiro atoms. The normalized spacial score (nSPS) is 31.3. The number of hydrogen-bond donors (Lipinski definition) is 2. The first-order valence-electron chi connectivity index (χ1n) is 7.73. The van der Waals surface area contributed by atoms with E-state index in [9.17, 15) is 4.79 Å². The van der Waals surface area contributed by atoms with Crippen molar-refractivity contribution in [1.29, 1.82) is 0 Å². The molecule has 1 aliphatic heterocycles. The number of fused-ring (bicyclic) bond motifs is 1. The van der Waals surface area contributed by atoms with Crippen LogP contribution < -0.4 is 15.4 Å². The molecule has 0 aromatic heterocycles. The molecule has 112 valence electrons. The summed E-state index contributed by atoms with van der Waals surface area (Å²) in [6.07, 6.45) is 5.60. The van der Waals surface area contributed by atoms with Gasteiger partial charge in [0, 0.05) is 10.6 Å². The van der Waals surface area contributed by atoms with Crippen LogP contribution in [0.3, 0.4) is 0 Å². The minimum atomic E-state index is -0.0423. The highest BCUT2D eigenvalue weighted by Crippen LogP contribution is 2.43. The Hall–Kier alpha value is -1.42. The summed E-state index contributed by atoms with van der Waals surface area (Å²) in [4.78, 5) is 11.5. The Morgan fingerprint density at radius 3 is 2.71 bits per heavy atom. The molecule has 2 amide bonds. The average Bonchev–Trinajstić information content (AvgIpc) is 3.17. The van der Waals surface area contributed by atoms with Gasteiger partial charge in [-0.05, 0) is 50.2 Å². The van der Waals surface area contributed by atoms with E-state index in [1.54, 1.807) is 0 Å². The minimum absolute atomic E-state index is 0.0423. The van der Waals surface area contributed by atoms with Crippen LogP contribution in [0.15, 0.2) is 18.2 Å². The van der Waals surface area contributed by atoms with Crippen molar-refractivity contribution in [1.82, 2.24) is 10.6 Å². The molecule has 1 aromatic rings. The summed E-state index contributed by atoms with van der Waals surface area (Å²) >= 11 is 6.46. The Morgan fingerprint density at radius 1 is 1.10 bits per heavy atom. The van der Waals surface area contributed by atoms with E-state index in [2.05, 4.69) is 10.6 Å². The molecular weight excluding hydrogens is 288 g/mol. The molecule has 2 N–H and O–H groups in total. The molecule has 3 aliphatic rings. The van der Waals surface area contributed by atoms with E-state index in [-0.39, 0.29) is 18.1 Å². The second kappa shape index (κ2) is 5.09. The Kier molecular flexibility index (Phi) is 3.21. The number of halogens is 1. The second-order valence-corrected chi connectivity index (χ2v) is 6.72. The zero-order valence-electron chi connectivity index (χ0n) is 11.8. The third-order valence-corrected chi connectivity index (χ3v) is 5.05. The van der Waals surface area contributed by atoms with Crippen LogP contribution in [-0.2, 0) is 0 Å². The van der Waals surface area contributed by atoms with Gasteiger partial charge in [-0.25, -0.2) is 4.79 Å². The highest BCUT2D eigenvalue weighted by Gasteiger charge is 2.39. The van der Waals surface area contributed by atoms with E-state index >= 15 is 0 Å². The van der Waals surface area contributed by atoms with Crippen LogP contribution in [0, 0.1) is 0 Å². The molecular formula is C16H19ClN2O2. The van der Waals surface area contributed by atoms with E-state index < -0.39 is 0 Å². The molecule has 0 bridgehead atoms. The van der Waals surface area contributed by atoms with Crippen LogP contribution in [0.5, 0.6) is 5.75 Å². The molecule has 2 aliphatic carbocycles. The lowest BCUT2D eigenvalue weighted by Crippen LogP contribution is -2.39. The zero-order valence-corrected chi connectivity index (χ0v) is 12.5. The number of ether oxygens (including phenoxy) is 1. The van der Waals surface area contributed by atoms with E-state index in [0.29, 0.717) is 12.0 Å². The number of benzene rings is 1. The second-order valence-electron chi connectivity index (χ2n) is 6.31. The topological polar surface area (TPSA) is 50.4 Å². The lowest BCUT2D eigenvalue weighted by molar-refractivity contribution is 0.247. The summed E-state index contributed by atoms with van der Waals surface area (Å²) in [6.45, 7) is 0. The Morgan fingerprint density at radius 2 is 1.90 bits per heavy atom. The summed E-state index contributed by atoms with van der Waals surface area (Å²) in [5, 5.41) is 6.78. The Bertz CT molecular complexity index is 573. The first kappa shape index (κ1) is 13.3. The van der Waals surface area contributed by atoms with Crippen molar-refractivity contribution in [2.24, 2.45) is 0 Å². The fourth-order valence-corrected chi connectivity index (χ4v) is 3.85. The smallest absolute Gasteiger partial charge is 0.315 e. The van der Waals surface area contributed by atoms with E-state index in [1.807, 2.05) is 18.2 Å². The first-order chi connectivity index (χ1) is 10.2. The number of nitrogens with one attached hydrogen (secondary N) is 2. The fraction of sp³-hybridized carbons (Fsp3) is 0.562. The molecule has 4 nitrogen and oxygen atoms in total. The van der Waals surface area contributed by atoms with Crippen molar-refractivity contribution in [3.05, 3.63) is 28.8 Å². The van der Waals surface area contributed by atoms with Gasteiger partial charge in [0.1, 0.15) is 5.75 Å². The molecule has 3 atom stereocenters. The molecule has 1 heterocycles. The minimum Gasteiger partial charge on any atom is -0.490 e. The molecule has 1 aromatic carbocycles. The SMILES string of the molecule is O=C1NC2CCC(c3c(Cl)cccc3OC3CC3)CC2N1. The van der Waals surface area contributed by atoms with Crippen molar-refractivity contribution in [2.75, 3.05) is 0 Å². The monoisotopic (exact) mass is 306 g/mol. The number of hydrogen-bond acceptors (Lipinski definition) is 2. The van der Waals surface area contributed by atoms with Gasteiger partial charge in [-0.2, -0.15) is 0 Å². The third kappa shape index (κ3) is 2.57. The maximum atomic E-state index is 11.5. The van der Waals surface area contributed by atoms with Gasteiger partial charge in [0.2, 0.25) is 0 Å². The van der Waals surface area contributed by atoms with Crippen molar-refractivity contribution >= 4 is 17.6 Å². The molecule has 1 saturated heterocycles. The van der Waals surface area contributed by atoms with E-state index in [0.717, 1.165) is 48.4 Å². The lowest BCUT2D eigenvalue weighted by Gasteiger charge is -2.32. The maximum absolute atomic E-state index is 11.5. The van der Waals surface area contributed by atoms with Crippen LogP contribution in [0.4, 0.5) is 4.79 Å². The van der Waals surface area contributed by atoms with Crippen molar-refractivity contribution < 1.29 is 9.53 Å². The van der Waals surface area contributed by atoms with E-state index in [4.69, 9.17) is 16.3 Å². The van der Waals surface area contributed by atoms with Crippen molar-refractivity contribution in [3.63, 3.8) is 0 Å². The van der Waals surface area contributed by atoms with E-state index in [1.165, 1.54) is 0 Å². The lowest BCUT2D eigenvalue weighted by atomic mass is 9.79. The number of rotatable bonds is 3.